The van der Waals surface area contributed by atoms with Gasteiger partial charge in [0.1, 0.15) is 5.75 Å². The third kappa shape index (κ3) is 4.07. The van der Waals surface area contributed by atoms with Crippen LogP contribution in [0.3, 0.4) is 0 Å². The molecular weight excluding hydrogens is 299 g/mol. The molecule has 2 aromatic rings. The Hall–Kier alpha value is -0.830. The van der Waals surface area contributed by atoms with E-state index in [4.69, 9.17) is 27.9 Å². The molecular formula is C15H14Cl2OS. The molecule has 0 spiro atoms. The number of hydrogen-bond donors (Lipinski definition) is 0. The molecule has 1 nitrogen and oxygen atoms in total. The first-order chi connectivity index (χ1) is 9.22. The number of hydrogen-bond acceptors (Lipinski definition) is 2. The van der Waals surface area contributed by atoms with Gasteiger partial charge in [0.25, 0.3) is 0 Å². The lowest BCUT2D eigenvalue weighted by Gasteiger charge is -2.09. The summed E-state index contributed by atoms with van der Waals surface area (Å²) in [6.45, 7) is 0. The summed E-state index contributed by atoms with van der Waals surface area (Å²) in [5.74, 6) is 2.24. The van der Waals surface area contributed by atoms with Crippen LogP contribution >= 0.6 is 35.0 Å². The third-order valence-electron chi connectivity index (χ3n) is 2.71. The van der Waals surface area contributed by atoms with E-state index in [1.165, 1.54) is 4.90 Å². The number of alkyl halides is 1. The minimum Gasteiger partial charge on any atom is -0.496 e. The fraction of sp³-hybridized carbons (Fsp3) is 0.200. The van der Waals surface area contributed by atoms with E-state index in [1.54, 1.807) is 18.9 Å². The molecule has 4 heteroatoms. The largest absolute Gasteiger partial charge is 0.496 e. The van der Waals surface area contributed by atoms with Crippen molar-refractivity contribution in [1.82, 2.24) is 0 Å². The number of halogens is 2. The van der Waals surface area contributed by atoms with Crippen molar-refractivity contribution in [2.75, 3.05) is 7.11 Å². The maximum absolute atomic E-state index is 6.02. The van der Waals surface area contributed by atoms with Gasteiger partial charge in [-0.2, -0.15) is 0 Å². The molecule has 0 fully saturated rings. The van der Waals surface area contributed by atoms with Gasteiger partial charge in [0.05, 0.1) is 7.11 Å². The smallest absolute Gasteiger partial charge is 0.123 e. The first kappa shape index (κ1) is 14.6. The number of rotatable bonds is 5. The Balaban J connectivity index is 2.07. The van der Waals surface area contributed by atoms with Gasteiger partial charge in [-0.05, 0) is 35.9 Å². The monoisotopic (exact) mass is 312 g/mol. The topological polar surface area (TPSA) is 9.23 Å². The first-order valence-electron chi connectivity index (χ1n) is 5.83. The van der Waals surface area contributed by atoms with Gasteiger partial charge in [0.15, 0.2) is 0 Å². The number of ether oxygens (including phenoxy) is 1. The van der Waals surface area contributed by atoms with Gasteiger partial charge in [-0.1, -0.05) is 23.7 Å². The first-order valence-corrected chi connectivity index (χ1v) is 7.73. The van der Waals surface area contributed by atoms with Crippen LogP contribution in [0.25, 0.3) is 0 Å². The molecule has 0 N–H and O–H groups in total. The molecule has 2 aromatic carbocycles. The SMILES string of the molecule is COc1ccc(Cl)cc1CSc1ccc(CCl)cc1. The van der Waals surface area contributed by atoms with Gasteiger partial charge < -0.3 is 4.74 Å². The highest BCUT2D eigenvalue weighted by atomic mass is 35.5. The summed E-state index contributed by atoms with van der Waals surface area (Å²) in [7, 11) is 1.67. The van der Waals surface area contributed by atoms with Crippen LogP contribution in [0.15, 0.2) is 47.4 Å². The van der Waals surface area contributed by atoms with Gasteiger partial charge in [-0.3, -0.25) is 0 Å². The van der Waals surface area contributed by atoms with E-state index >= 15 is 0 Å². The van der Waals surface area contributed by atoms with Crippen LogP contribution in [0.5, 0.6) is 5.75 Å². The molecule has 0 saturated carbocycles. The summed E-state index contributed by atoms with van der Waals surface area (Å²) in [4.78, 5) is 1.20. The summed E-state index contributed by atoms with van der Waals surface area (Å²) in [6.07, 6.45) is 0. The maximum atomic E-state index is 6.02. The molecule has 0 unspecified atom stereocenters. The Morgan fingerprint density at radius 1 is 1.11 bits per heavy atom. The molecule has 0 saturated heterocycles. The lowest BCUT2D eigenvalue weighted by atomic mass is 10.2. The normalized spacial score (nSPS) is 10.5. The Labute approximate surface area is 127 Å². The summed E-state index contributed by atoms with van der Waals surface area (Å²) in [6, 6.07) is 13.9. The Kier molecular flexibility index (Phi) is 5.44. The van der Waals surface area contributed by atoms with E-state index < -0.39 is 0 Å². The highest BCUT2D eigenvalue weighted by Gasteiger charge is 2.05. The fourth-order valence-electron chi connectivity index (χ4n) is 1.70. The lowest BCUT2D eigenvalue weighted by Crippen LogP contribution is -1.90. The summed E-state index contributed by atoms with van der Waals surface area (Å²) < 4.78 is 5.34. The van der Waals surface area contributed by atoms with Gasteiger partial charge in [-0.25, -0.2) is 0 Å². The van der Waals surface area contributed by atoms with Crippen LogP contribution in [0.1, 0.15) is 11.1 Å². The molecule has 0 aliphatic rings. The Morgan fingerprint density at radius 2 is 1.84 bits per heavy atom. The average Bonchev–Trinajstić information content (AvgIpc) is 2.46. The molecule has 19 heavy (non-hydrogen) atoms. The number of benzene rings is 2. The van der Waals surface area contributed by atoms with E-state index in [1.807, 2.05) is 30.3 Å². The molecule has 100 valence electrons. The molecule has 0 aromatic heterocycles. The van der Waals surface area contributed by atoms with E-state index in [2.05, 4.69) is 12.1 Å². The molecule has 2 rings (SSSR count). The predicted octanol–water partition coefficient (Wildman–Crippen LogP) is 5.38. The van der Waals surface area contributed by atoms with Crippen LogP contribution in [0.4, 0.5) is 0 Å². The molecule has 0 heterocycles. The Morgan fingerprint density at radius 3 is 2.47 bits per heavy atom. The van der Waals surface area contributed by atoms with E-state index in [0.29, 0.717) is 5.88 Å². The van der Waals surface area contributed by atoms with Crippen molar-refractivity contribution in [3.8, 4) is 5.75 Å². The standard InChI is InChI=1S/C15H14Cl2OS/c1-18-15-7-4-13(17)8-12(15)10-19-14-5-2-11(9-16)3-6-14/h2-8H,9-10H2,1H3. The van der Waals surface area contributed by atoms with Crippen molar-refractivity contribution < 1.29 is 4.74 Å². The van der Waals surface area contributed by atoms with Crippen molar-refractivity contribution in [3.05, 3.63) is 58.6 Å². The van der Waals surface area contributed by atoms with Crippen LogP contribution in [0.2, 0.25) is 5.02 Å². The molecule has 0 bridgehead atoms. The van der Waals surface area contributed by atoms with E-state index in [-0.39, 0.29) is 0 Å². The minimum absolute atomic E-state index is 0.549. The highest BCUT2D eigenvalue weighted by molar-refractivity contribution is 7.98. The van der Waals surface area contributed by atoms with Crippen LogP contribution in [0, 0.1) is 0 Å². The summed E-state index contributed by atoms with van der Waals surface area (Å²) in [5, 5.41) is 0.730. The van der Waals surface area contributed by atoms with Crippen LogP contribution < -0.4 is 4.74 Å². The zero-order valence-electron chi connectivity index (χ0n) is 10.5. The molecule has 0 atom stereocenters. The van der Waals surface area contributed by atoms with Crippen LogP contribution in [-0.4, -0.2) is 7.11 Å². The minimum atomic E-state index is 0.549. The van der Waals surface area contributed by atoms with Gasteiger partial charge in [0, 0.05) is 27.1 Å². The second-order valence-electron chi connectivity index (χ2n) is 4.02. The van der Waals surface area contributed by atoms with Gasteiger partial charge in [-0.15, -0.1) is 23.4 Å². The van der Waals surface area contributed by atoms with E-state index in [9.17, 15) is 0 Å². The second-order valence-corrected chi connectivity index (χ2v) is 5.77. The molecule has 0 radical (unpaired) electrons. The van der Waals surface area contributed by atoms with Gasteiger partial charge >= 0.3 is 0 Å². The zero-order valence-corrected chi connectivity index (χ0v) is 12.9. The molecule has 0 aliphatic carbocycles. The Bertz CT molecular complexity index is 540. The van der Waals surface area contributed by atoms with Crippen LogP contribution in [-0.2, 0) is 11.6 Å². The van der Waals surface area contributed by atoms with Crippen molar-refractivity contribution in [2.45, 2.75) is 16.5 Å². The van der Waals surface area contributed by atoms with Crippen molar-refractivity contribution in [3.63, 3.8) is 0 Å². The summed E-state index contributed by atoms with van der Waals surface area (Å²) >= 11 is 13.5. The van der Waals surface area contributed by atoms with Crippen molar-refractivity contribution in [2.24, 2.45) is 0 Å². The quantitative estimate of drug-likeness (QED) is 0.541. The predicted molar refractivity (Wildman–Crippen MR) is 83.6 cm³/mol. The van der Waals surface area contributed by atoms with E-state index in [0.717, 1.165) is 27.7 Å². The maximum Gasteiger partial charge on any atom is 0.123 e. The fourth-order valence-corrected chi connectivity index (χ4v) is 2.94. The number of thioether (sulfide) groups is 1. The molecule has 0 aliphatic heterocycles. The summed E-state index contributed by atoms with van der Waals surface area (Å²) in [5.41, 5.74) is 2.23. The zero-order chi connectivity index (χ0) is 13.7. The van der Waals surface area contributed by atoms with Crippen molar-refractivity contribution >= 4 is 35.0 Å². The second kappa shape index (κ2) is 7.09. The number of methoxy groups -OCH3 is 1. The third-order valence-corrected chi connectivity index (χ3v) is 4.32. The van der Waals surface area contributed by atoms with Gasteiger partial charge in [0.2, 0.25) is 0 Å². The highest BCUT2D eigenvalue weighted by Crippen LogP contribution is 2.30. The lowest BCUT2D eigenvalue weighted by molar-refractivity contribution is 0.411. The van der Waals surface area contributed by atoms with Crippen molar-refractivity contribution in [1.29, 1.82) is 0 Å². The average molecular weight is 313 g/mol. The molecule has 0 amide bonds.